The summed E-state index contributed by atoms with van der Waals surface area (Å²) in [5.74, 6) is -2.33. The van der Waals surface area contributed by atoms with Crippen LogP contribution in [0.3, 0.4) is 0 Å². The average Bonchev–Trinajstić information content (AvgIpc) is 2.62. The zero-order valence-electron chi connectivity index (χ0n) is 13.4. The largest absolute Gasteiger partial charge is 0.465 e. The molecular formula is C18H15F2NO4. The molecule has 0 radical (unpaired) electrons. The Kier molecular flexibility index (Phi) is 6.33. The number of rotatable bonds is 5. The summed E-state index contributed by atoms with van der Waals surface area (Å²) >= 11 is 0. The molecule has 0 bridgehead atoms. The molecule has 0 N–H and O–H groups in total. The van der Waals surface area contributed by atoms with E-state index in [0.717, 1.165) is 30.9 Å². The van der Waals surface area contributed by atoms with E-state index in [1.807, 2.05) is 6.07 Å². The first-order valence-electron chi connectivity index (χ1n) is 7.30. The van der Waals surface area contributed by atoms with E-state index < -0.39 is 30.1 Å². The van der Waals surface area contributed by atoms with E-state index >= 15 is 0 Å². The van der Waals surface area contributed by atoms with Crippen LogP contribution in [-0.4, -0.2) is 24.9 Å². The van der Waals surface area contributed by atoms with Gasteiger partial charge in [-0.25, -0.2) is 18.4 Å². The molecule has 2 aromatic carbocycles. The minimum Gasteiger partial charge on any atom is -0.465 e. The summed E-state index contributed by atoms with van der Waals surface area (Å²) in [6.07, 6.45) is -1.43. The van der Waals surface area contributed by atoms with Crippen LogP contribution in [-0.2, 0) is 27.3 Å². The summed E-state index contributed by atoms with van der Waals surface area (Å²) < 4.78 is 36.4. The highest BCUT2D eigenvalue weighted by Gasteiger charge is 2.18. The second-order valence-electron chi connectivity index (χ2n) is 5.00. The smallest absolute Gasteiger partial charge is 0.434 e. The van der Waals surface area contributed by atoms with Gasteiger partial charge >= 0.3 is 12.1 Å². The van der Waals surface area contributed by atoms with E-state index in [0.29, 0.717) is 0 Å². The first-order chi connectivity index (χ1) is 12.0. The number of hydrogen-bond acceptors (Lipinski definition) is 4. The van der Waals surface area contributed by atoms with Crippen molar-refractivity contribution in [2.75, 3.05) is 7.11 Å². The van der Waals surface area contributed by atoms with Crippen LogP contribution in [0, 0.1) is 11.6 Å². The van der Waals surface area contributed by atoms with E-state index in [2.05, 4.69) is 9.73 Å². The molecule has 0 aliphatic rings. The van der Waals surface area contributed by atoms with Gasteiger partial charge in [0.1, 0.15) is 24.0 Å². The number of amides is 1. The van der Waals surface area contributed by atoms with Crippen LogP contribution in [0.25, 0.3) is 0 Å². The van der Waals surface area contributed by atoms with Gasteiger partial charge in [-0.1, -0.05) is 30.3 Å². The molecule has 2 rings (SSSR count). The Morgan fingerprint density at radius 1 is 1.08 bits per heavy atom. The standard InChI is InChI=1S/C18H15F2NO4/c1-24-17(22)16(10-13-9-14(19)7-8-15(13)20)21-18(23)25-11-12-5-3-2-4-6-12/h2-9H,10-11H2,1H3. The Morgan fingerprint density at radius 2 is 1.80 bits per heavy atom. The van der Waals surface area contributed by atoms with Crippen molar-refractivity contribution in [3.63, 3.8) is 0 Å². The molecule has 0 fully saturated rings. The van der Waals surface area contributed by atoms with Crippen molar-refractivity contribution in [2.45, 2.75) is 13.0 Å². The highest BCUT2D eigenvalue weighted by atomic mass is 19.1. The van der Waals surface area contributed by atoms with Crippen molar-refractivity contribution in [3.8, 4) is 0 Å². The lowest BCUT2D eigenvalue weighted by Crippen LogP contribution is -2.21. The van der Waals surface area contributed by atoms with Crippen LogP contribution < -0.4 is 0 Å². The lowest BCUT2D eigenvalue weighted by atomic mass is 10.1. The molecule has 0 aliphatic heterocycles. The number of benzene rings is 2. The van der Waals surface area contributed by atoms with E-state index in [1.54, 1.807) is 24.3 Å². The SMILES string of the molecule is COC(=O)C(Cc1cc(F)ccc1F)=NC(=O)OCc1ccccc1. The molecule has 25 heavy (non-hydrogen) atoms. The molecule has 0 heterocycles. The maximum Gasteiger partial charge on any atom is 0.434 e. The van der Waals surface area contributed by atoms with Gasteiger partial charge in [-0.15, -0.1) is 0 Å². The Morgan fingerprint density at radius 3 is 2.48 bits per heavy atom. The average molecular weight is 347 g/mol. The number of carbonyl (C=O) groups excluding carboxylic acids is 2. The van der Waals surface area contributed by atoms with Gasteiger partial charge in [0.2, 0.25) is 0 Å². The molecule has 0 atom stereocenters. The number of hydrogen-bond donors (Lipinski definition) is 0. The third kappa shape index (κ3) is 5.49. The van der Waals surface area contributed by atoms with Crippen molar-refractivity contribution in [1.82, 2.24) is 0 Å². The molecule has 0 unspecified atom stereocenters. The molecule has 0 saturated carbocycles. The van der Waals surface area contributed by atoms with Crippen molar-refractivity contribution >= 4 is 17.8 Å². The summed E-state index contributed by atoms with van der Waals surface area (Å²) in [6.45, 7) is -0.0358. The lowest BCUT2D eigenvalue weighted by molar-refractivity contribution is -0.132. The zero-order chi connectivity index (χ0) is 18.2. The number of methoxy groups -OCH3 is 1. The summed E-state index contributed by atoms with van der Waals surface area (Å²) in [5.41, 5.74) is 0.229. The second-order valence-corrected chi connectivity index (χ2v) is 5.00. The topological polar surface area (TPSA) is 65.0 Å². The summed E-state index contributed by atoms with van der Waals surface area (Å²) in [6, 6.07) is 11.7. The second kappa shape index (κ2) is 8.68. The van der Waals surface area contributed by atoms with E-state index in [9.17, 15) is 18.4 Å². The monoisotopic (exact) mass is 347 g/mol. The maximum absolute atomic E-state index is 13.7. The van der Waals surface area contributed by atoms with Crippen molar-refractivity contribution in [2.24, 2.45) is 4.99 Å². The van der Waals surface area contributed by atoms with Gasteiger partial charge in [-0.05, 0) is 29.3 Å². The third-order valence-electron chi connectivity index (χ3n) is 3.22. The number of ether oxygens (including phenoxy) is 2. The molecule has 0 aliphatic carbocycles. The van der Waals surface area contributed by atoms with Crippen LogP contribution in [0.2, 0.25) is 0 Å². The van der Waals surface area contributed by atoms with Crippen LogP contribution >= 0.6 is 0 Å². The quantitative estimate of drug-likeness (QED) is 0.614. The number of halogens is 2. The highest BCUT2D eigenvalue weighted by Crippen LogP contribution is 2.12. The fraction of sp³-hybridized carbons (Fsp3) is 0.167. The Hall–Kier alpha value is -3.09. The van der Waals surface area contributed by atoms with Crippen LogP contribution in [0.4, 0.5) is 13.6 Å². The van der Waals surface area contributed by atoms with Gasteiger partial charge in [0.15, 0.2) is 0 Å². The van der Waals surface area contributed by atoms with Gasteiger partial charge in [-0.2, -0.15) is 4.99 Å². The number of aliphatic imine (C=N–C) groups is 1. The van der Waals surface area contributed by atoms with E-state index in [4.69, 9.17) is 4.74 Å². The van der Waals surface area contributed by atoms with Gasteiger partial charge in [0.05, 0.1) is 7.11 Å². The summed E-state index contributed by atoms with van der Waals surface area (Å²) in [5, 5.41) is 0. The zero-order valence-corrected chi connectivity index (χ0v) is 13.4. The van der Waals surface area contributed by atoms with Crippen LogP contribution in [0.5, 0.6) is 0 Å². The van der Waals surface area contributed by atoms with Gasteiger partial charge in [0, 0.05) is 6.42 Å². The molecule has 0 saturated heterocycles. The van der Waals surface area contributed by atoms with Crippen molar-refractivity contribution in [1.29, 1.82) is 0 Å². The fourth-order valence-electron chi connectivity index (χ4n) is 2.00. The first kappa shape index (κ1) is 18.3. The van der Waals surface area contributed by atoms with Crippen molar-refractivity contribution in [3.05, 3.63) is 71.3 Å². The number of carbonyl (C=O) groups is 2. The molecule has 0 spiro atoms. The summed E-state index contributed by atoms with van der Waals surface area (Å²) in [4.78, 5) is 27.1. The Balaban J connectivity index is 2.13. The molecule has 130 valence electrons. The Labute approximate surface area is 142 Å². The minimum atomic E-state index is -1.03. The summed E-state index contributed by atoms with van der Waals surface area (Å²) in [7, 11) is 1.09. The van der Waals surface area contributed by atoms with Gasteiger partial charge in [-0.3, -0.25) is 0 Å². The number of esters is 1. The molecular weight excluding hydrogens is 332 g/mol. The maximum atomic E-state index is 13.7. The Bertz CT molecular complexity index is 791. The molecule has 2 aromatic rings. The molecule has 0 aromatic heterocycles. The predicted octanol–water partition coefficient (Wildman–Crippen LogP) is 3.46. The number of nitrogens with zero attached hydrogens (tertiary/aromatic N) is 1. The molecule has 7 heteroatoms. The van der Waals surface area contributed by atoms with E-state index in [1.165, 1.54) is 0 Å². The highest BCUT2D eigenvalue weighted by molar-refractivity contribution is 6.38. The fourth-order valence-corrected chi connectivity index (χ4v) is 2.00. The van der Waals surface area contributed by atoms with Crippen LogP contribution in [0.15, 0.2) is 53.5 Å². The lowest BCUT2D eigenvalue weighted by Gasteiger charge is -2.07. The van der Waals surface area contributed by atoms with Crippen molar-refractivity contribution < 1.29 is 27.8 Å². The molecule has 1 amide bonds. The first-order valence-corrected chi connectivity index (χ1v) is 7.30. The molecule has 5 nitrogen and oxygen atoms in total. The predicted molar refractivity (Wildman–Crippen MR) is 86.1 cm³/mol. The normalized spacial score (nSPS) is 11.1. The van der Waals surface area contributed by atoms with E-state index in [-0.39, 0.29) is 17.9 Å². The van der Waals surface area contributed by atoms with Crippen LogP contribution in [0.1, 0.15) is 11.1 Å². The minimum absolute atomic E-state index is 0.0358. The van der Waals surface area contributed by atoms with Gasteiger partial charge in [0.25, 0.3) is 0 Å². The third-order valence-corrected chi connectivity index (χ3v) is 3.22. The van der Waals surface area contributed by atoms with Gasteiger partial charge < -0.3 is 9.47 Å².